The standard InChI is InChI=1S/C15H19N5O3S/c1-11(21)18-12-4-6-14(7-5-12)24(22,23)17-10-13-8-9-16-15(19-13)20(2)3/h4-9,17H,10H2,1-3H3,(H,18,21). The molecule has 0 radical (unpaired) electrons. The smallest absolute Gasteiger partial charge is 0.240 e. The van der Waals surface area contributed by atoms with Crippen molar-refractivity contribution in [3.8, 4) is 0 Å². The van der Waals surface area contributed by atoms with Crippen molar-refractivity contribution in [3.05, 3.63) is 42.2 Å². The summed E-state index contributed by atoms with van der Waals surface area (Å²) < 4.78 is 27.1. The Morgan fingerprint density at radius 3 is 2.42 bits per heavy atom. The number of rotatable bonds is 6. The molecule has 9 heteroatoms. The summed E-state index contributed by atoms with van der Waals surface area (Å²) in [6.07, 6.45) is 1.58. The van der Waals surface area contributed by atoms with Gasteiger partial charge in [0.25, 0.3) is 0 Å². The first-order chi connectivity index (χ1) is 11.3. The number of amides is 1. The summed E-state index contributed by atoms with van der Waals surface area (Å²) in [4.78, 5) is 21.2. The molecule has 128 valence electrons. The monoisotopic (exact) mass is 349 g/mol. The molecule has 2 aromatic rings. The minimum absolute atomic E-state index is 0.0547. The number of hydrogen-bond acceptors (Lipinski definition) is 6. The van der Waals surface area contributed by atoms with Crippen molar-refractivity contribution >= 4 is 27.6 Å². The molecule has 0 unspecified atom stereocenters. The minimum Gasteiger partial charge on any atom is -0.347 e. The molecule has 0 atom stereocenters. The number of hydrogen-bond donors (Lipinski definition) is 2. The second kappa shape index (κ2) is 7.37. The summed E-state index contributed by atoms with van der Waals surface area (Å²) in [6, 6.07) is 7.57. The number of nitrogens with one attached hydrogen (secondary N) is 2. The highest BCUT2D eigenvalue weighted by Gasteiger charge is 2.14. The third-order valence-electron chi connectivity index (χ3n) is 3.03. The van der Waals surface area contributed by atoms with Gasteiger partial charge >= 0.3 is 0 Å². The van der Waals surface area contributed by atoms with E-state index >= 15 is 0 Å². The Morgan fingerprint density at radius 2 is 1.83 bits per heavy atom. The van der Waals surface area contributed by atoms with Crippen LogP contribution in [-0.2, 0) is 21.4 Å². The molecule has 0 bridgehead atoms. The van der Waals surface area contributed by atoms with Crippen molar-refractivity contribution in [2.24, 2.45) is 0 Å². The molecule has 1 heterocycles. The van der Waals surface area contributed by atoms with Crippen LogP contribution in [0, 0.1) is 0 Å². The molecule has 0 saturated heterocycles. The molecule has 0 saturated carbocycles. The van der Waals surface area contributed by atoms with Gasteiger partial charge in [-0.1, -0.05) is 0 Å². The van der Waals surface area contributed by atoms with Crippen molar-refractivity contribution in [1.29, 1.82) is 0 Å². The van der Waals surface area contributed by atoms with Gasteiger partial charge in [0, 0.05) is 32.9 Å². The van der Waals surface area contributed by atoms with Crippen LogP contribution in [0.15, 0.2) is 41.4 Å². The van der Waals surface area contributed by atoms with E-state index in [-0.39, 0.29) is 17.3 Å². The maximum absolute atomic E-state index is 12.3. The number of anilines is 2. The maximum atomic E-state index is 12.3. The highest BCUT2D eigenvalue weighted by atomic mass is 32.2. The summed E-state index contributed by atoms with van der Waals surface area (Å²) in [5.41, 5.74) is 1.10. The van der Waals surface area contributed by atoms with Crippen LogP contribution in [0.1, 0.15) is 12.6 Å². The molecule has 0 aliphatic carbocycles. The predicted molar refractivity (Wildman–Crippen MR) is 91.1 cm³/mol. The summed E-state index contributed by atoms with van der Waals surface area (Å²) in [7, 11) is -0.0626. The summed E-state index contributed by atoms with van der Waals surface area (Å²) in [5, 5.41) is 2.58. The van der Waals surface area contributed by atoms with Crippen LogP contribution < -0.4 is 14.9 Å². The lowest BCUT2D eigenvalue weighted by Crippen LogP contribution is -2.24. The van der Waals surface area contributed by atoms with E-state index in [1.807, 2.05) is 0 Å². The lowest BCUT2D eigenvalue weighted by molar-refractivity contribution is -0.114. The van der Waals surface area contributed by atoms with Crippen LogP contribution in [0.25, 0.3) is 0 Å². The average molecular weight is 349 g/mol. The van der Waals surface area contributed by atoms with E-state index in [2.05, 4.69) is 20.0 Å². The molecule has 1 aromatic heterocycles. The Morgan fingerprint density at radius 1 is 1.17 bits per heavy atom. The van der Waals surface area contributed by atoms with E-state index in [1.54, 1.807) is 31.3 Å². The topological polar surface area (TPSA) is 104 Å². The number of benzene rings is 1. The fourth-order valence-corrected chi connectivity index (χ4v) is 2.87. The van der Waals surface area contributed by atoms with E-state index < -0.39 is 10.0 Å². The molecule has 1 aromatic carbocycles. The lowest BCUT2D eigenvalue weighted by Gasteiger charge is -2.11. The highest BCUT2D eigenvalue weighted by Crippen LogP contribution is 2.14. The van der Waals surface area contributed by atoms with Crippen LogP contribution in [0.2, 0.25) is 0 Å². The van der Waals surface area contributed by atoms with Gasteiger partial charge in [0.05, 0.1) is 17.1 Å². The fourth-order valence-electron chi connectivity index (χ4n) is 1.87. The second-order valence-electron chi connectivity index (χ2n) is 5.27. The molecule has 2 rings (SSSR count). The SMILES string of the molecule is CC(=O)Nc1ccc(S(=O)(=O)NCc2ccnc(N(C)C)n2)cc1. The molecular weight excluding hydrogens is 330 g/mol. The van der Waals surface area contributed by atoms with Crippen LogP contribution in [0.4, 0.5) is 11.6 Å². The molecule has 2 N–H and O–H groups in total. The van der Waals surface area contributed by atoms with Crippen molar-refractivity contribution in [2.45, 2.75) is 18.4 Å². The van der Waals surface area contributed by atoms with Crippen LogP contribution in [0.5, 0.6) is 0 Å². The van der Waals surface area contributed by atoms with Gasteiger partial charge in [-0.15, -0.1) is 0 Å². The Kier molecular flexibility index (Phi) is 5.47. The average Bonchev–Trinajstić information content (AvgIpc) is 2.53. The van der Waals surface area contributed by atoms with Crippen LogP contribution in [-0.4, -0.2) is 38.4 Å². The predicted octanol–water partition coefficient (Wildman–Crippen LogP) is 0.979. The maximum Gasteiger partial charge on any atom is 0.240 e. The zero-order chi connectivity index (χ0) is 17.7. The molecule has 0 spiro atoms. The Balaban J connectivity index is 2.08. The second-order valence-corrected chi connectivity index (χ2v) is 7.04. The molecule has 8 nitrogen and oxygen atoms in total. The molecule has 24 heavy (non-hydrogen) atoms. The number of aromatic nitrogens is 2. The third kappa shape index (κ3) is 4.74. The van der Waals surface area contributed by atoms with Crippen LogP contribution >= 0.6 is 0 Å². The largest absolute Gasteiger partial charge is 0.347 e. The highest BCUT2D eigenvalue weighted by molar-refractivity contribution is 7.89. The van der Waals surface area contributed by atoms with Crippen molar-refractivity contribution in [1.82, 2.24) is 14.7 Å². The van der Waals surface area contributed by atoms with E-state index in [0.29, 0.717) is 17.3 Å². The van der Waals surface area contributed by atoms with Gasteiger partial charge in [0.15, 0.2) is 0 Å². The number of sulfonamides is 1. The zero-order valence-electron chi connectivity index (χ0n) is 13.6. The van der Waals surface area contributed by atoms with E-state index in [1.165, 1.54) is 31.2 Å². The first-order valence-electron chi connectivity index (χ1n) is 7.14. The van der Waals surface area contributed by atoms with Gasteiger partial charge < -0.3 is 10.2 Å². The normalized spacial score (nSPS) is 11.1. The number of carbonyl (C=O) groups excluding carboxylic acids is 1. The van der Waals surface area contributed by atoms with E-state index in [4.69, 9.17) is 0 Å². The first kappa shape index (κ1) is 17.8. The molecule has 0 aliphatic heterocycles. The Hall–Kier alpha value is -2.52. The first-order valence-corrected chi connectivity index (χ1v) is 8.63. The van der Waals surface area contributed by atoms with Crippen molar-refractivity contribution in [3.63, 3.8) is 0 Å². The van der Waals surface area contributed by atoms with E-state index in [9.17, 15) is 13.2 Å². The summed E-state index contributed by atoms with van der Waals surface area (Å²) in [5.74, 6) is 0.288. The molecule has 1 amide bonds. The van der Waals surface area contributed by atoms with Crippen LogP contribution in [0.3, 0.4) is 0 Å². The van der Waals surface area contributed by atoms with Gasteiger partial charge in [-0.25, -0.2) is 23.1 Å². The van der Waals surface area contributed by atoms with Crippen molar-refractivity contribution in [2.75, 3.05) is 24.3 Å². The zero-order valence-corrected chi connectivity index (χ0v) is 14.5. The summed E-state index contributed by atoms with van der Waals surface area (Å²) in [6.45, 7) is 1.44. The fraction of sp³-hybridized carbons (Fsp3) is 0.267. The number of nitrogens with zero attached hydrogens (tertiary/aromatic N) is 3. The Bertz CT molecular complexity index is 819. The lowest BCUT2D eigenvalue weighted by atomic mass is 10.3. The number of carbonyl (C=O) groups is 1. The van der Waals surface area contributed by atoms with Gasteiger partial charge in [0.1, 0.15) is 0 Å². The molecule has 0 aliphatic rings. The van der Waals surface area contributed by atoms with Crippen molar-refractivity contribution < 1.29 is 13.2 Å². The van der Waals surface area contributed by atoms with E-state index in [0.717, 1.165) is 0 Å². The summed E-state index contributed by atoms with van der Waals surface area (Å²) >= 11 is 0. The minimum atomic E-state index is -3.67. The van der Waals surface area contributed by atoms with Gasteiger partial charge in [-0.3, -0.25) is 4.79 Å². The molecule has 0 fully saturated rings. The quantitative estimate of drug-likeness (QED) is 0.805. The Labute approximate surface area is 141 Å². The van der Waals surface area contributed by atoms with Gasteiger partial charge in [-0.2, -0.15) is 0 Å². The van der Waals surface area contributed by atoms with Gasteiger partial charge in [-0.05, 0) is 30.3 Å². The molecular formula is C15H19N5O3S. The van der Waals surface area contributed by atoms with Gasteiger partial charge in [0.2, 0.25) is 21.9 Å². The third-order valence-corrected chi connectivity index (χ3v) is 4.45.